The molecule has 4 nitrogen and oxygen atoms in total. The van der Waals surface area contributed by atoms with E-state index < -0.39 is 0 Å². The number of halogens is 1. The molecule has 0 atom stereocenters. The fourth-order valence-electron chi connectivity index (χ4n) is 1.35. The number of carbonyl (C=O) groups excluding carboxylic acids is 1. The molecule has 1 amide bonds. The molecule has 3 N–H and O–H groups in total. The molecule has 1 aromatic carbocycles. The summed E-state index contributed by atoms with van der Waals surface area (Å²) in [5, 5.41) is 21.5. The number of benzene rings is 1. The van der Waals surface area contributed by atoms with Crippen LogP contribution < -0.4 is 5.32 Å². The van der Waals surface area contributed by atoms with Gasteiger partial charge in [0.05, 0.1) is 0 Å². The Morgan fingerprint density at radius 1 is 1.41 bits per heavy atom. The van der Waals surface area contributed by atoms with E-state index in [4.69, 9.17) is 11.6 Å². The van der Waals surface area contributed by atoms with Gasteiger partial charge in [-0.2, -0.15) is 0 Å². The Bertz CT molecular complexity index is 432. The standard InChI is InChI=1S/C12H14ClNO3/c1-2-12(17)14-5-3-4-8-6-10(15)11(16)7-9(8)13/h2,6-7,15-16H,1,3-5H2,(H,14,17). The third-order valence-corrected chi connectivity index (χ3v) is 2.60. The third kappa shape index (κ3) is 4.00. The smallest absolute Gasteiger partial charge is 0.243 e. The van der Waals surface area contributed by atoms with Gasteiger partial charge >= 0.3 is 0 Å². The van der Waals surface area contributed by atoms with Crippen LogP contribution in [0.4, 0.5) is 0 Å². The minimum Gasteiger partial charge on any atom is -0.504 e. The molecule has 92 valence electrons. The van der Waals surface area contributed by atoms with E-state index in [1.165, 1.54) is 18.2 Å². The molecule has 0 aliphatic rings. The first kappa shape index (κ1) is 13.4. The predicted octanol–water partition coefficient (Wildman–Crippen LogP) is 1.99. The summed E-state index contributed by atoms with van der Waals surface area (Å²) in [6.45, 7) is 3.84. The second kappa shape index (κ2) is 6.15. The van der Waals surface area contributed by atoms with Crippen LogP contribution in [0.2, 0.25) is 5.02 Å². The molecule has 0 saturated carbocycles. The molecule has 0 saturated heterocycles. The van der Waals surface area contributed by atoms with Crippen LogP contribution in [0, 0.1) is 0 Å². The molecule has 0 aliphatic carbocycles. The van der Waals surface area contributed by atoms with Gasteiger partial charge in [0.2, 0.25) is 5.91 Å². The number of hydrogen-bond acceptors (Lipinski definition) is 3. The van der Waals surface area contributed by atoms with Crippen molar-refractivity contribution < 1.29 is 15.0 Å². The quantitative estimate of drug-likeness (QED) is 0.428. The van der Waals surface area contributed by atoms with Crippen LogP contribution in [0.5, 0.6) is 11.5 Å². The molecule has 1 rings (SSSR count). The highest BCUT2D eigenvalue weighted by molar-refractivity contribution is 6.31. The summed E-state index contributed by atoms with van der Waals surface area (Å²) in [4.78, 5) is 10.9. The van der Waals surface area contributed by atoms with Crippen LogP contribution in [0.1, 0.15) is 12.0 Å². The van der Waals surface area contributed by atoms with E-state index in [9.17, 15) is 15.0 Å². The van der Waals surface area contributed by atoms with E-state index >= 15 is 0 Å². The first-order valence-electron chi connectivity index (χ1n) is 5.15. The summed E-state index contributed by atoms with van der Waals surface area (Å²) in [5.74, 6) is -0.650. The summed E-state index contributed by atoms with van der Waals surface area (Å²) in [7, 11) is 0. The molecule has 17 heavy (non-hydrogen) atoms. The minimum absolute atomic E-state index is 0.195. The molecule has 0 bridgehead atoms. The fraction of sp³-hybridized carbons (Fsp3) is 0.250. The van der Waals surface area contributed by atoms with Crippen LogP contribution in [0.3, 0.4) is 0 Å². The van der Waals surface area contributed by atoms with Crippen molar-refractivity contribution in [1.82, 2.24) is 5.32 Å². The normalized spacial score (nSPS) is 9.94. The maximum absolute atomic E-state index is 10.9. The highest BCUT2D eigenvalue weighted by Gasteiger charge is 2.06. The van der Waals surface area contributed by atoms with Gasteiger partial charge in [-0.1, -0.05) is 18.2 Å². The summed E-state index contributed by atoms with van der Waals surface area (Å²) in [6, 6.07) is 2.72. The van der Waals surface area contributed by atoms with Crippen LogP contribution >= 0.6 is 11.6 Å². The minimum atomic E-state index is -0.237. The summed E-state index contributed by atoms with van der Waals surface area (Å²) in [5.41, 5.74) is 0.731. The molecule has 0 unspecified atom stereocenters. The lowest BCUT2D eigenvalue weighted by Gasteiger charge is -2.07. The first-order valence-corrected chi connectivity index (χ1v) is 5.53. The molecule has 0 aromatic heterocycles. The number of carbonyl (C=O) groups is 1. The Hall–Kier alpha value is -1.68. The molecule has 5 heteroatoms. The summed E-state index contributed by atoms with van der Waals surface area (Å²) < 4.78 is 0. The molecule has 0 aliphatic heterocycles. The van der Waals surface area contributed by atoms with Crippen LogP contribution in [0.25, 0.3) is 0 Å². The third-order valence-electron chi connectivity index (χ3n) is 2.25. The zero-order valence-corrected chi connectivity index (χ0v) is 10.00. The number of amides is 1. The number of phenols is 2. The van der Waals surface area contributed by atoms with Crippen molar-refractivity contribution in [3.63, 3.8) is 0 Å². The predicted molar refractivity (Wildman–Crippen MR) is 66.3 cm³/mol. The molecular weight excluding hydrogens is 242 g/mol. The van der Waals surface area contributed by atoms with Gasteiger partial charge < -0.3 is 15.5 Å². The number of aryl methyl sites for hydroxylation is 1. The van der Waals surface area contributed by atoms with Crippen molar-refractivity contribution in [2.45, 2.75) is 12.8 Å². The second-order valence-electron chi connectivity index (χ2n) is 3.53. The maximum atomic E-state index is 10.9. The molecule has 0 radical (unpaired) electrons. The SMILES string of the molecule is C=CC(=O)NCCCc1cc(O)c(O)cc1Cl. The topological polar surface area (TPSA) is 69.6 Å². The van der Waals surface area contributed by atoms with Crippen LogP contribution in [-0.4, -0.2) is 22.7 Å². The van der Waals surface area contributed by atoms with E-state index in [0.29, 0.717) is 24.4 Å². The van der Waals surface area contributed by atoms with Gasteiger partial charge in [0, 0.05) is 17.6 Å². The van der Waals surface area contributed by atoms with Crippen molar-refractivity contribution in [2.75, 3.05) is 6.54 Å². The van der Waals surface area contributed by atoms with E-state index in [2.05, 4.69) is 11.9 Å². The summed E-state index contributed by atoms with van der Waals surface area (Å²) in [6.07, 6.45) is 2.49. The largest absolute Gasteiger partial charge is 0.504 e. The van der Waals surface area contributed by atoms with E-state index in [1.807, 2.05) is 0 Å². The van der Waals surface area contributed by atoms with Crippen LogP contribution in [-0.2, 0) is 11.2 Å². The lowest BCUT2D eigenvalue weighted by molar-refractivity contribution is -0.116. The molecule has 0 fully saturated rings. The molecular formula is C12H14ClNO3. The highest BCUT2D eigenvalue weighted by Crippen LogP contribution is 2.31. The Kier molecular flexibility index (Phi) is 4.84. The Labute approximate surface area is 105 Å². The Balaban J connectivity index is 2.49. The molecule has 0 spiro atoms. The molecule has 0 heterocycles. The van der Waals surface area contributed by atoms with Gasteiger partial charge in [0.25, 0.3) is 0 Å². The lowest BCUT2D eigenvalue weighted by atomic mass is 10.1. The number of hydrogen-bond donors (Lipinski definition) is 3. The van der Waals surface area contributed by atoms with Crippen molar-refractivity contribution in [3.8, 4) is 11.5 Å². The van der Waals surface area contributed by atoms with E-state index in [1.54, 1.807) is 0 Å². The Morgan fingerprint density at radius 2 is 2.06 bits per heavy atom. The number of aromatic hydroxyl groups is 2. The average Bonchev–Trinajstić information content (AvgIpc) is 2.30. The highest BCUT2D eigenvalue weighted by atomic mass is 35.5. The van der Waals surface area contributed by atoms with Crippen molar-refractivity contribution in [1.29, 1.82) is 0 Å². The van der Waals surface area contributed by atoms with Crippen molar-refractivity contribution in [2.24, 2.45) is 0 Å². The van der Waals surface area contributed by atoms with E-state index in [-0.39, 0.29) is 17.4 Å². The maximum Gasteiger partial charge on any atom is 0.243 e. The second-order valence-corrected chi connectivity index (χ2v) is 3.94. The van der Waals surface area contributed by atoms with Gasteiger partial charge in [-0.3, -0.25) is 4.79 Å². The van der Waals surface area contributed by atoms with Gasteiger partial charge in [0.15, 0.2) is 11.5 Å². The van der Waals surface area contributed by atoms with Gasteiger partial charge in [-0.15, -0.1) is 0 Å². The lowest BCUT2D eigenvalue weighted by Crippen LogP contribution is -2.22. The van der Waals surface area contributed by atoms with Gasteiger partial charge in [-0.05, 0) is 30.5 Å². The first-order chi connectivity index (χ1) is 8.04. The van der Waals surface area contributed by atoms with Crippen molar-refractivity contribution >= 4 is 17.5 Å². The summed E-state index contributed by atoms with van der Waals surface area (Å²) >= 11 is 5.90. The zero-order chi connectivity index (χ0) is 12.8. The monoisotopic (exact) mass is 255 g/mol. The van der Waals surface area contributed by atoms with Gasteiger partial charge in [0.1, 0.15) is 0 Å². The Morgan fingerprint density at radius 3 is 2.71 bits per heavy atom. The van der Waals surface area contributed by atoms with Crippen molar-refractivity contribution in [3.05, 3.63) is 35.4 Å². The fourth-order valence-corrected chi connectivity index (χ4v) is 1.60. The number of nitrogens with one attached hydrogen (secondary N) is 1. The molecule has 1 aromatic rings. The van der Waals surface area contributed by atoms with Crippen LogP contribution in [0.15, 0.2) is 24.8 Å². The zero-order valence-electron chi connectivity index (χ0n) is 9.24. The van der Waals surface area contributed by atoms with Gasteiger partial charge in [-0.25, -0.2) is 0 Å². The average molecular weight is 256 g/mol. The number of phenolic OH excluding ortho intramolecular Hbond substituents is 2. The van der Waals surface area contributed by atoms with E-state index in [0.717, 1.165) is 5.56 Å². The number of rotatable bonds is 5.